The Morgan fingerprint density at radius 2 is 1.51 bits per heavy atom. The molecule has 1 amide bonds. The van der Waals surface area contributed by atoms with Gasteiger partial charge >= 0.3 is 5.97 Å². The quantitative estimate of drug-likeness (QED) is 0.144. The van der Waals surface area contributed by atoms with E-state index in [0.29, 0.717) is 24.2 Å². The first kappa shape index (κ1) is 32.0. The van der Waals surface area contributed by atoms with Gasteiger partial charge in [0.25, 0.3) is 0 Å². The number of thiophene rings is 1. The molecule has 0 atom stereocenters. The summed E-state index contributed by atoms with van der Waals surface area (Å²) in [5, 5.41) is 14.4. The van der Waals surface area contributed by atoms with Gasteiger partial charge < -0.3 is 15.3 Å². The van der Waals surface area contributed by atoms with E-state index in [2.05, 4.69) is 97.9 Å². The zero-order valence-electron chi connectivity index (χ0n) is 25.6. The number of carboxylic acids is 1. The molecule has 0 unspecified atom stereocenters. The third-order valence-electron chi connectivity index (χ3n) is 7.76. The van der Waals surface area contributed by atoms with Crippen molar-refractivity contribution in [3.05, 3.63) is 106 Å². The Morgan fingerprint density at radius 3 is 2.12 bits per heavy atom. The summed E-state index contributed by atoms with van der Waals surface area (Å²) in [6.07, 6.45) is 2.32. The van der Waals surface area contributed by atoms with Crippen LogP contribution in [0.1, 0.15) is 62.5 Å². The minimum atomic E-state index is -0.961. The minimum absolute atomic E-state index is 0.00398. The Morgan fingerprint density at radius 1 is 0.837 bits per heavy atom. The van der Waals surface area contributed by atoms with Crippen molar-refractivity contribution >= 4 is 34.6 Å². The molecule has 6 nitrogen and oxygen atoms in total. The molecule has 0 spiro atoms. The van der Waals surface area contributed by atoms with E-state index in [1.807, 2.05) is 30.3 Å². The zero-order valence-corrected chi connectivity index (χ0v) is 26.4. The molecule has 4 rings (SSSR count). The monoisotopic (exact) mass is 597 g/mol. The third kappa shape index (κ3) is 9.27. The number of anilines is 2. The fraction of sp³-hybridized carbons (Fsp3) is 0.333. The molecule has 0 fully saturated rings. The van der Waals surface area contributed by atoms with Crippen LogP contribution >= 0.6 is 11.3 Å². The first-order valence-electron chi connectivity index (χ1n) is 15.1. The Labute approximate surface area is 260 Å². The van der Waals surface area contributed by atoms with Crippen molar-refractivity contribution in [1.82, 2.24) is 4.90 Å². The van der Waals surface area contributed by atoms with E-state index in [-0.39, 0.29) is 19.0 Å². The van der Waals surface area contributed by atoms with Gasteiger partial charge in [-0.05, 0) is 90.6 Å². The molecule has 1 aromatic heterocycles. The van der Waals surface area contributed by atoms with Crippen LogP contribution < -0.4 is 10.2 Å². The molecular formula is C36H43N3O3S. The number of aliphatic carboxylic acids is 1. The maximum absolute atomic E-state index is 12.6. The van der Waals surface area contributed by atoms with Crippen LogP contribution in [0.25, 0.3) is 11.1 Å². The number of carbonyl (C=O) groups excluding carboxylic acids is 1. The molecule has 2 N–H and O–H groups in total. The Balaban J connectivity index is 1.40. The van der Waals surface area contributed by atoms with Gasteiger partial charge in [0.2, 0.25) is 5.91 Å². The molecule has 3 aromatic carbocycles. The molecule has 0 aliphatic rings. The van der Waals surface area contributed by atoms with Gasteiger partial charge in [-0.3, -0.25) is 14.5 Å². The van der Waals surface area contributed by atoms with Crippen LogP contribution in [0.3, 0.4) is 0 Å². The molecular weight excluding hydrogens is 554 g/mol. The van der Waals surface area contributed by atoms with Gasteiger partial charge in [-0.25, -0.2) is 0 Å². The summed E-state index contributed by atoms with van der Waals surface area (Å²) in [4.78, 5) is 29.2. The van der Waals surface area contributed by atoms with Gasteiger partial charge in [0.15, 0.2) is 0 Å². The average molecular weight is 598 g/mol. The lowest BCUT2D eigenvalue weighted by Crippen LogP contribution is -2.36. The van der Waals surface area contributed by atoms with Crippen LogP contribution in [0.15, 0.2) is 90.3 Å². The molecule has 7 heteroatoms. The summed E-state index contributed by atoms with van der Waals surface area (Å²) in [7, 11) is 0. The van der Waals surface area contributed by atoms with Crippen LogP contribution in [0.2, 0.25) is 0 Å². The molecule has 0 aliphatic heterocycles. The minimum Gasteiger partial charge on any atom is -0.480 e. The summed E-state index contributed by atoms with van der Waals surface area (Å²) in [6, 6.07) is 29.4. The van der Waals surface area contributed by atoms with E-state index < -0.39 is 5.97 Å². The van der Waals surface area contributed by atoms with Crippen LogP contribution in [0, 0.1) is 0 Å². The maximum atomic E-state index is 12.6. The number of carboxylic acid groups (broad SMARTS) is 1. The van der Waals surface area contributed by atoms with E-state index in [1.54, 1.807) is 16.2 Å². The number of hydrogen-bond donors (Lipinski definition) is 2. The highest BCUT2D eigenvalue weighted by Gasteiger charge is 2.17. The highest BCUT2D eigenvalue weighted by molar-refractivity contribution is 7.10. The topological polar surface area (TPSA) is 72.9 Å². The van der Waals surface area contributed by atoms with Crippen molar-refractivity contribution in [1.29, 1.82) is 0 Å². The van der Waals surface area contributed by atoms with Crippen molar-refractivity contribution < 1.29 is 14.7 Å². The lowest BCUT2D eigenvalue weighted by Gasteiger charge is -2.30. The lowest BCUT2D eigenvalue weighted by molar-refractivity contribution is -0.138. The highest BCUT2D eigenvalue weighted by atomic mass is 32.1. The van der Waals surface area contributed by atoms with Gasteiger partial charge in [0, 0.05) is 35.4 Å². The molecule has 4 aromatic rings. The number of carbonyl (C=O) groups is 2. The summed E-state index contributed by atoms with van der Waals surface area (Å²) < 4.78 is 0. The lowest BCUT2D eigenvalue weighted by atomic mass is 9.94. The summed E-state index contributed by atoms with van der Waals surface area (Å²) in [6.45, 7) is 9.97. The zero-order chi connectivity index (χ0) is 30.8. The number of nitrogens with zero attached hydrogens (tertiary/aromatic N) is 2. The van der Waals surface area contributed by atoms with Crippen molar-refractivity contribution in [3.63, 3.8) is 0 Å². The average Bonchev–Trinajstić information content (AvgIpc) is 3.45. The van der Waals surface area contributed by atoms with Crippen molar-refractivity contribution in [3.8, 4) is 11.1 Å². The molecule has 0 bridgehead atoms. The number of hydrogen-bond acceptors (Lipinski definition) is 5. The van der Waals surface area contributed by atoms with E-state index >= 15 is 0 Å². The molecule has 0 saturated carbocycles. The van der Waals surface area contributed by atoms with E-state index in [4.69, 9.17) is 0 Å². The molecule has 1 heterocycles. The Bertz CT molecular complexity index is 1450. The first-order valence-corrected chi connectivity index (χ1v) is 16.0. The van der Waals surface area contributed by atoms with Gasteiger partial charge in [-0.2, -0.15) is 0 Å². The number of benzene rings is 3. The molecule has 43 heavy (non-hydrogen) atoms. The number of para-hydroxylation sites is 1. The molecule has 0 aliphatic carbocycles. The van der Waals surface area contributed by atoms with Crippen molar-refractivity contribution in [2.75, 3.05) is 23.3 Å². The van der Waals surface area contributed by atoms with Crippen LogP contribution in [-0.4, -0.2) is 41.0 Å². The maximum Gasteiger partial charge on any atom is 0.317 e. The second kappa shape index (κ2) is 15.5. The van der Waals surface area contributed by atoms with Gasteiger partial charge in [0.1, 0.15) is 0 Å². The Hall–Kier alpha value is -3.94. The van der Waals surface area contributed by atoms with E-state index in [0.717, 1.165) is 35.4 Å². The van der Waals surface area contributed by atoms with Gasteiger partial charge in [0.05, 0.1) is 13.1 Å². The summed E-state index contributed by atoms with van der Waals surface area (Å²) >= 11 is 1.58. The van der Waals surface area contributed by atoms with E-state index in [1.165, 1.54) is 16.8 Å². The number of nitrogens with one attached hydrogen (secondary N) is 1. The van der Waals surface area contributed by atoms with E-state index in [9.17, 15) is 14.7 Å². The predicted octanol–water partition coefficient (Wildman–Crippen LogP) is 8.26. The normalized spacial score (nSPS) is 11.3. The second-order valence-electron chi connectivity index (χ2n) is 11.3. The second-order valence-corrected chi connectivity index (χ2v) is 12.3. The fourth-order valence-corrected chi connectivity index (χ4v) is 6.32. The summed E-state index contributed by atoms with van der Waals surface area (Å²) in [5.74, 6) is -0.583. The smallest absolute Gasteiger partial charge is 0.317 e. The predicted molar refractivity (Wildman–Crippen MR) is 179 cm³/mol. The fourth-order valence-electron chi connectivity index (χ4n) is 5.39. The first-order chi connectivity index (χ1) is 20.7. The SMILES string of the molecule is CCC(CC)c1ccc(N(Cc2ccc(-c3csc(CN(CC(=O)O)CC(=O)Nc4ccccc4)c3)cc2)C(C)C)cc1. The van der Waals surface area contributed by atoms with Crippen LogP contribution in [-0.2, 0) is 22.7 Å². The van der Waals surface area contributed by atoms with Crippen molar-refractivity contribution in [2.45, 2.75) is 65.6 Å². The molecule has 0 saturated heterocycles. The van der Waals surface area contributed by atoms with Gasteiger partial charge in [-0.15, -0.1) is 11.3 Å². The molecule has 0 radical (unpaired) electrons. The number of rotatable bonds is 15. The standard InChI is InChI=1S/C36H43N3O3S/c1-5-28(6-2)29-16-18-33(19-17-29)39(26(3)4)21-27-12-14-30(15-13-27)31-20-34(43-25-31)22-38(24-36(41)42)23-35(40)37-32-10-8-7-9-11-32/h7-20,25-26,28H,5-6,21-24H2,1-4H3,(H,37,40)(H,41,42). The number of amides is 1. The van der Waals surface area contributed by atoms with Crippen molar-refractivity contribution in [2.24, 2.45) is 0 Å². The molecule has 226 valence electrons. The van der Waals surface area contributed by atoms with Gasteiger partial charge in [-0.1, -0.05) is 68.4 Å². The largest absolute Gasteiger partial charge is 0.480 e. The van der Waals surface area contributed by atoms with Crippen LogP contribution in [0.4, 0.5) is 11.4 Å². The summed E-state index contributed by atoms with van der Waals surface area (Å²) in [5.41, 5.74) is 6.79. The highest BCUT2D eigenvalue weighted by Crippen LogP contribution is 2.29. The Kier molecular flexibility index (Phi) is 11.5. The van der Waals surface area contributed by atoms with Crippen LogP contribution in [0.5, 0.6) is 0 Å². The third-order valence-corrected chi connectivity index (χ3v) is 8.68.